The van der Waals surface area contributed by atoms with Gasteiger partial charge in [0.25, 0.3) is 0 Å². The fraction of sp³-hybridized carbons (Fsp3) is 0.0870. The standard InChI is InChI=1S/C23H20N4O2/c1-29-18-13-11-16(12-14-18)15-21(28)24-20-10-6-5-9-19(20)23-25-22(26-27-23)17-7-3-2-4-8-17/h2-14H,15H2,1H3,(H,24,28)(H,25,26,27). The third kappa shape index (κ3) is 4.32. The lowest BCUT2D eigenvalue weighted by molar-refractivity contribution is -0.115. The van der Waals surface area contributed by atoms with E-state index in [-0.39, 0.29) is 12.3 Å². The number of anilines is 1. The van der Waals surface area contributed by atoms with Crippen LogP contribution in [0.5, 0.6) is 5.75 Å². The second-order valence-electron chi connectivity index (χ2n) is 6.49. The molecule has 4 rings (SSSR count). The van der Waals surface area contributed by atoms with Gasteiger partial charge < -0.3 is 10.1 Å². The number of para-hydroxylation sites is 1. The molecule has 3 aromatic carbocycles. The molecule has 0 saturated carbocycles. The average Bonchev–Trinajstić information content (AvgIpc) is 3.25. The van der Waals surface area contributed by atoms with Crippen LogP contribution in [0.2, 0.25) is 0 Å². The topological polar surface area (TPSA) is 79.9 Å². The number of benzene rings is 3. The molecule has 0 unspecified atom stereocenters. The van der Waals surface area contributed by atoms with Gasteiger partial charge in [-0.2, -0.15) is 5.10 Å². The predicted molar refractivity (Wildman–Crippen MR) is 113 cm³/mol. The summed E-state index contributed by atoms with van der Waals surface area (Å²) in [7, 11) is 1.62. The summed E-state index contributed by atoms with van der Waals surface area (Å²) in [6.07, 6.45) is 0.268. The number of nitrogens with zero attached hydrogens (tertiary/aromatic N) is 2. The van der Waals surface area contributed by atoms with Crippen LogP contribution in [0.3, 0.4) is 0 Å². The molecule has 1 aromatic heterocycles. The van der Waals surface area contributed by atoms with Gasteiger partial charge in [-0.25, -0.2) is 4.98 Å². The SMILES string of the molecule is COc1ccc(CC(=O)Nc2ccccc2-c2nc(-c3ccccc3)n[nH]2)cc1. The molecule has 29 heavy (non-hydrogen) atoms. The maximum atomic E-state index is 12.6. The third-order valence-corrected chi connectivity index (χ3v) is 4.50. The fourth-order valence-corrected chi connectivity index (χ4v) is 3.02. The van der Waals surface area contributed by atoms with E-state index < -0.39 is 0 Å². The van der Waals surface area contributed by atoms with Crippen LogP contribution in [0.1, 0.15) is 5.56 Å². The Morgan fingerprint density at radius 3 is 2.45 bits per heavy atom. The summed E-state index contributed by atoms with van der Waals surface area (Å²) >= 11 is 0. The first-order valence-corrected chi connectivity index (χ1v) is 9.23. The first kappa shape index (κ1) is 18.4. The number of hydrogen-bond acceptors (Lipinski definition) is 4. The highest BCUT2D eigenvalue weighted by Crippen LogP contribution is 2.27. The number of aromatic nitrogens is 3. The van der Waals surface area contributed by atoms with Gasteiger partial charge in [0.2, 0.25) is 5.91 Å². The summed E-state index contributed by atoms with van der Waals surface area (Å²) in [5.74, 6) is 1.87. The van der Waals surface area contributed by atoms with Crippen molar-refractivity contribution in [3.63, 3.8) is 0 Å². The van der Waals surface area contributed by atoms with Crippen molar-refractivity contribution < 1.29 is 9.53 Å². The van der Waals surface area contributed by atoms with Gasteiger partial charge in [0.15, 0.2) is 11.6 Å². The molecule has 6 heteroatoms. The highest BCUT2D eigenvalue weighted by Gasteiger charge is 2.13. The number of ether oxygens (including phenoxy) is 1. The Bertz CT molecular complexity index is 1110. The maximum Gasteiger partial charge on any atom is 0.228 e. The number of aromatic amines is 1. The molecule has 0 aliphatic heterocycles. The minimum Gasteiger partial charge on any atom is -0.497 e. The van der Waals surface area contributed by atoms with Crippen LogP contribution in [-0.4, -0.2) is 28.2 Å². The largest absolute Gasteiger partial charge is 0.497 e. The smallest absolute Gasteiger partial charge is 0.228 e. The van der Waals surface area contributed by atoms with E-state index in [2.05, 4.69) is 20.5 Å². The second kappa shape index (κ2) is 8.39. The van der Waals surface area contributed by atoms with Crippen molar-refractivity contribution in [3.05, 3.63) is 84.4 Å². The van der Waals surface area contributed by atoms with Crippen LogP contribution in [0.15, 0.2) is 78.9 Å². The number of carbonyl (C=O) groups excluding carboxylic acids is 1. The highest BCUT2D eigenvalue weighted by atomic mass is 16.5. The lowest BCUT2D eigenvalue weighted by Crippen LogP contribution is -2.15. The van der Waals surface area contributed by atoms with Crippen LogP contribution < -0.4 is 10.1 Å². The first-order valence-electron chi connectivity index (χ1n) is 9.23. The van der Waals surface area contributed by atoms with Crippen molar-refractivity contribution in [2.45, 2.75) is 6.42 Å². The van der Waals surface area contributed by atoms with Gasteiger partial charge in [0.1, 0.15) is 5.75 Å². The minimum absolute atomic E-state index is 0.106. The van der Waals surface area contributed by atoms with E-state index in [0.717, 1.165) is 22.4 Å². The fourth-order valence-electron chi connectivity index (χ4n) is 3.02. The summed E-state index contributed by atoms with van der Waals surface area (Å²) < 4.78 is 5.15. The number of nitrogens with one attached hydrogen (secondary N) is 2. The highest BCUT2D eigenvalue weighted by molar-refractivity contribution is 5.96. The van der Waals surface area contributed by atoms with Gasteiger partial charge in [0, 0.05) is 11.1 Å². The number of hydrogen-bond donors (Lipinski definition) is 2. The number of H-pyrrole nitrogens is 1. The second-order valence-corrected chi connectivity index (χ2v) is 6.49. The van der Waals surface area contributed by atoms with E-state index in [9.17, 15) is 4.79 Å². The monoisotopic (exact) mass is 384 g/mol. The van der Waals surface area contributed by atoms with Crippen molar-refractivity contribution in [2.24, 2.45) is 0 Å². The summed E-state index contributed by atoms with van der Waals surface area (Å²) in [4.78, 5) is 17.1. The normalized spacial score (nSPS) is 10.5. The van der Waals surface area contributed by atoms with Crippen LogP contribution in [0.25, 0.3) is 22.8 Å². The minimum atomic E-state index is -0.106. The van der Waals surface area contributed by atoms with Crippen LogP contribution >= 0.6 is 0 Å². The Balaban J connectivity index is 1.52. The van der Waals surface area contributed by atoms with Crippen molar-refractivity contribution >= 4 is 11.6 Å². The molecule has 0 spiro atoms. The lowest BCUT2D eigenvalue weighted by atomic mass is 10.1. The molecule has 2 N–H and O–H groups in total. The van der Waals surface area contributed by atoms with E-state index in [1.165, 1.54) is 0 Å². The zero-order valence-corrected chi connectivity index (χ0v) is 15.9. The van der Waals surface area contributed by atoms with E-state index in [4.69, 9.17) is 4.74 Å². The lowest BCUT2D eigenvalue weighted by Gasteiger charge is -2.09. The molecule has 1 heterocycles. The number of methoxy groups -OCH3 is 1. The molecular formula is C23H20N4O2. The van der Waals surface area contributed by atoms with E-state index >= 15 is 0 Å². The number of rotatable bonds is 6. The Labute approximate surface area is 168 Å². The van der Waals surface area contributed by atoms with Gasteiger partial charge >= 0.3 is 0 Å². The zero-order chi connectivity index (χ0) is 20.1. The molecule has 0 saturated heterocycles. The molecule has 0 bridgehead atoms. The molecule has 0 radical (unpaired) electrons. The molecule has 0 aliphatic carbocycles. The summed E-state index contributed by atoms with van der Waals surface area (Å²) in [6, 6.07) is 24.7. The van der Waals surface area contributed by atoms with Crippen LogP contribution in [0.4, 0.5) is 5.69 Å². The van der Waals surface area contributed by atoms with Gasteiger partial charge in [-0.1, -0.05) is 54.6 Å². The quantitative estimate of drug-likeness (QED) is 0.519. The Morgan fingerprint density at radius 1 is 0.966 bits per heavy atom. The number of carbonyl (C=O) groups is 1. The predicted octanol–water partition coefficient (Wildman–Crippen LogP) is 4.33. The van der Waals surface area contributed by atoms with Crippen molar-refractivity contribution in [3.8, 4) is 28.5 Å². The van der Waals surface area contributed by atoms with Crippen molar-refractivity contribution in [1.29, 1.82) is 0 Å². The molecule has 0 aliphatic rings. The molecule has 4 aromatic rings. The first-order chi connectivity index (χ1) is 14.2. The average molecular weight is 384 g/mol. The Hall–Kier alpha value is -3.93. The van der Waals surface area contributed by atoms with Crippen molar-refractivity contribution in [1.82, 2.24) is 15.2 Å². The van der Waals surface area contributed by atoms with Crippen LogP contribution in [-0.2, 0) is 11.2 Å². The molecule has 0 atom stereocenters. The molecular weight excluding hydrogens is 364 g/mol. The van der Waals surface area contributed by atoms with E-state index in [0.29, 0.717) is 17.3 Å². The molecule has 1 amide bonds. The third-order valence-electron chi connectivity index (χ3n) is 4.50. The summed E-state index contributed by atoms with van der Waals surface area (Å²) in [6.45, 7) is 0. The van der Waals surface area contributed by atoms with Gasteiger partial charge in [-0.3, -0.25) is 9.89 Å². The Morgan fingerprint density at radius 2 is 1.69 bits per heavy atom. The maximum absolute atomic E-state index is 12.6. The summed E-state index contributed by atoms with van der Waals surface area (Å²) in [5, 5.41) is 10.3. The van der Waals surface area contributed by atoms with Crippen molar-refractivity contribution in [2.75, 3.05) is 12.4 Å². The number of amides is 1. The van der Waals surface area contributed by atoms with E-state index in [1.807, 2.05) is 78.9 Å². The molecule has 0 fully saturated rings. The zero-order valence-electron chi connectivity index (χ0n) is 15.9. The van der Waals surface area contributed by atoms with Crippen LogP contribution in [0, 0.1) is 0 Å². The Kier molecular flexibility index (Phi) is 5.33. The molecule has 144 valence electrons. The van der Waals surface area contributed by atoms with E-state index in [1.54, 1.807) is 7.11 Å². The van der Waals surface area contributed by atoms with Gasteiger partial charge in [-0.15, -0.1) is 0 Å². The van der Waals surface area contributed by atoms with Gasteiger partial charge in [0.05, 0.1) is 19.2 Å². The van der Waals surface area contributed by atoms with Gasteiger partial charge in [-0.05, 0) is 29.8 Å². The summed E-state index contributed by atoms with van der Waals surface area (Å²) in [5.41, 5.74) is 3.30. The molecule has 6 nitrogen and oxygen atoms in total.